The molecule has 0 unspecified atom stereocenters. The quantitative estimate of drug-likeness (QED) is 0.548. The molecule has 0 aliphatic rings. The summed E-state index contributed by atoms with van der Waals surface area (Å²) in [6.45, 7) is 2.88. The highest BCUT2D eigenvalue weighted by Gasteiger charge is 2.42. The first-order valence-corrected chi connectivity index (χ1v) is 7.62. The molecule has 2 N–H and O–H groups in total. The van der Waals surface area contributed by atoms with E-state index in [4.69, 9.17) is 0 Å². The largest absolute Gasteiger partial charge is 0.408 e. The number of aromatic amines is 1. The minimum atomic E-state index is -4.48. The molecule has 2 heterocycles. The fourth-order valence-corrected chi connectivity index (χ4v) is 2.81. The standard InChI is InChI=1S/C17H15F4N3O/c1-8(2)14(17(19,20)21)24-15-10-5-6-22-16(25)13(10)11-7-9(18)3-4-12(11)23-15/h3-8,14H,1-2H3,(H,22,25)(H,23,24)/t14-/m0/s1. The number of rotatable bonds is 3. The van der Waals surface area contributed by atoms with Crippen molar-refractivity contribution < 1.29 is 17.6 Å². The van der Waals surface area contributed by atoms with E-state index in [0.717, 1.165) is 12.1 Å². The molecule has 3 rings (SSSR count). The molecule has 0 saturated carbocycles. The Bertz CT molecular complexity index is 995. The van der Waals surface area contributed by atoms with Gasteiger partial charge < -0.3 is 10.3 Å². The number of alkyl halides is 3. The third-order valence-corrected chi connectivity index (χ3v) is 3.99. The van der Waals surface area contributed by atoms with E-state index in [1.807, 2.05) is 0 Å². The van der Waals surface area contributed by atoms with Gasteiger partial charge in [-0.25, -0.2) is 9.37 Å². The zero-order valence-corrected chi connectivity index (χ0v) is 13.4. The summed E-state index contributed by atoms with van der Waals surface area (Å²) in [5.74, 6) is -1.37. The second-order valence-electron chi connectivity index (χ2n) is 6.12. The lowest BCUT2D eigenvalue weighted by molar-refractivity contribution is -0.150. The first-order chi connectivity index (χ1) is 11.7. The Kier molecular flexibility index (Phi) is 4.14. The highest BCUT2D eigenvalue weighted by molar-refractivity contribution is 6.09. The van der Waals surface area contributed by atoms with Crippen molar-refractivity contribution in [3.05, 3.63) is 46.6 Å². The predicted molar refractivity (Wildman–Crippen MR) is 88.1 cm³/mol. The van der Waals surface area contributed by atoms with Crippen molar-refractivity contribution >= 4 is 27.5 Å². The molecule has 8 heteroatoms. The molecule has 0 radical (unpaired) electrons. The maximum absolute atomic E-state index is 13.6. The van der Waals surface area contributed by atoms with E-state index in [-0.39, 0.29) is 27.5 Å². The first kappa shape index (κ1) is 17.2. The number of halogens is 4. The lowest BCUT2D eigenvalue weighted by Crippen LogP contribution is -2.40. The van der Waals surface area contributed by atoms with Gasteiger partial charge in [-0.15, -0.1) is 0 Å². The molecule has 132 valence electrons. The number of hydrogen-bond acceptors (Lipinski definition) is 3. The van der Waals surface area contributed by atoms with Crippen molar-refractivity contribution in [2.45, 2.75) is 26.1 Å². The van der Waals surface area contributed by atoms with Gasteiger partial charge in [-0.3, -0.25) is 4.79 Å². The molecule has 0 spiro atoms. The summed E-state index contributed by atoms with van der Waals surface area (Å²) in [6.07, 6.45) is -3.16. The van der Waals surface area contributed by atoms with Crippen molar-refractivity contribution in [3.63, 3.8) is 0 Å². The van der Waals surface area contributed by atoms with Crippen LogP contribution in [-0.2, 0) is 0 Å². The van der Waals surface area contributed by atoms with E-state index in [1.165, 1.54) is 32.2 Å². The van der Waals surface area contributed by atoms with Crippen molar-refractivity contribution in [2.24, 2.45) is 5.92 Å². The van der Waals surface area contributed by atoms with Gasteiger partial charge in [0.25, 0.3) is 5.56 Å². The molecule has 0 aliphatic heterocycles. The van der Waals surface area contributed by atoms with E-state index in [1.54, 1.807) is 0 Å². The molecule has 0 saturated heterocycles. The smallest absolute Gasteiger partial charge is 0.358 e. The Morgan fingerprint density at radius 1 is 1.16 bits per heavy atom. The minimum absolute atomic E-state index is 0.0590. The van der Waals surface area contributed by atoms with Crippen LogP contribution in [0.2, 0.25) is 0 Å². The summed E-state index contributed by atoms with van der Waals surface area (Å²) in [5, 5.41) is 2.96. The number of anilines is 1. The van der Waals surface area contributed by atoms with Crippen LogP contribution in [0.25, 0.3) is 21.7 Å². The number of H-pyrrole nitrogens is 1. The Morgan fingerprint density at radius 2 is 1.88 bits per heavy atom. The molecule has 4 nitrogen and oxygen atoms in total. The topological polar surface area (TPSA) is 57.8 Å². The molecule has 1 aromatic carbocycles. The highest BCUT2D eigenvalue weighted by Crippen LogP contribution is 2.32. The van der Waals surface area contributed by atoms with Crippen molar-refractivity contribution in [2.75, 3.05) is 5.32 Å². The second-order valence-corrected chi connectivity index (χ2v) is 6.12. The van der Waals surface area contributed by atoms with Crippen LogP contribution in [-0.4, -0.2) is 22.2 Å². The summed E-state index contributed by atoms with van der Waals surface area (Å²) in [4.78, 5) is 18.9. The maximum Gasteiger partial charge on any atom is 0.408 e. The van der Waals surface area contributed by atoms with Crippen LogP contribution in [0.4, 0.5) is 23.4 Å². The average Bonchev–Trinajstić information content (AvgIpc) is 2.51. The van der Waals surface area contributed by atoms with Crippen LogP contribution in [0, 0.1) is 11.7 Å². The third kappa shape index (κ3) is 3.16. The SMILES string of the molecule is CC(C)[C@H](Nc1nc2ccc(F)cc2c2c(=O)[nH]ccc12)C(F)(F)F. The van der Waals surface area contributed by atoms with Gasteiger partial charge in [0.05, 0.1) is 10.9 Å². The fraction of sp³-hybridized carbons (Fsp3) is 0.294. The number of pyridine rings is 2. The molecule has 1 atom stereocenters. The lowest BCUT2D eigenvalue weighted by atomic mass is 10.0. The van der Waals surface area contributed by atoms with Gasteiger partial charge in [-0.1, -0.05) is 13.8 Å². The molecular formula is C17H15F4N3O. The van der Waals surface area contributed by atoms with E-state index >= 15 is 0 Å². The second kappa shape index (κ2) is 6.02. The number of aromatic nitrogens is 2. The van der Waals surface area contributed by atoms with Crippen molar-refractivity contribution in [1.29, 1.82) is 0 Å². The normalized spacial score (nSPS) is 13.6. The molecule has 2 aromatic heterocycles. The molecule has 0 fully saturated rings. The summed E-state index contributed by atoms with van der Waals surface area (Å²) in [5.41, 5.74) is -0.288. The molecule has 25 heavy (non-hydrogen) atoms. The third-order valence-electron chi connectivity index (χ3n) is 3.99. The number of fused-ring (bicyclic) bond motifs is 3. The molecule has 0 aliphatic carbocycles. The zero-order valence-electron chi connectivity index (χ0n) is 13.4. The van der Waals surface area contributed by atoms with Gasteiger partial charge >= 0.3 is 6.18 Å². The van der Waals surface area contributed by atoms with E-state index < -0.39 is 29.5 Å². The van der Waals surface area contributed by atoms with E-state index in [2.05, 4.69) is 15.3 Å². The Labute approximate surface area is 139 Å². The maximum atomic E-state index is 13.6. The number of hydrogen-bond donors (Lipinski definition) is 2. The number of nitrogens with one attached hydrogen (secondary N) is 2. The van der Waals surface area contributed by atoms with E-state index in [9.17, 15) is 22.4 Å². The van der Waals surface area contributed by atoms with Crippen LogP contribution >= 0.6 is 0 Å². The fourth-order valence-electron chi connectivity index (χ4n) is 2.81. The van der Waals surface area contributed by atoms with Crippen LogP contribution in [0.5, 0.6) is 0 Å². The summed E-state index contributed by atoms with van der Waals surface area (Å²) in [7, 11) is 0. The van der Waals surface area contributed by atoms with Gasteiger partial charge in [-0.05, 0) is 30.2 Å². The monoisotopic (exact) mass is 353 g/mol. The Morgan fingerprint density at radius 3 is 2.52 bits per heavy atom. The van der Waals surface area contributed by atoms with Crippen molar-refractivity contribution in [3.8, 4) is 0 Å². The highest BCUT2D eigenvalue weighted by atomic mass is 19.4. The first-order valence-electron chi connectivity index (χ1n) is 7.62. The number of benzene rings is 1. The summed E-state index contributed by atoms with van der Waals surface area (Å²) in [6, 6.07) is 3.24. The molecule has 0 bridgehead atoms. The molecular weight excluding hydrogens is 338 g/mol. The van der Waals surface area contributed by atoms with Crippen LogP contribution in [0.3, 0.4) is 0 Å². The molecule has 0 amide bonds. The van der Waals surface area contributed by atoms with Crippen molar-refractivity contribution in [1.82, 2.24) is 9.97 Å². The minimum Gasteiger partial charge on any atom is -0.358 e. The van der Waals surface area contributed by atoms with Gasteiger partial charge in [-0.2, -0.15) is 13.2 Å². The summed E-state index contributed by atoms with van der Waals surface area (Å²) >= 11 is 0. The van der Waals surface area contributed by atoms with Crippen LogP contribution in [0.15, 0.2) is 35.3 Å². The Balaban J connectivity index is 2.29. The number of nitrogens with zero attached hydrogens (tertiary/aromatic N) is 1. The average molecular weight is 353 g/mol. The van der Waals surface area contributed by atoms with Crippen LogP contribution < -0.4 is 10.9 Å². The van der Waals surface area contributed by atoms with Gasteiger partial charge in [0.15, 0.2) is 0 Å². The van der Waals surface area contributed by atoms with E-state index in [0.29, 0.717) is 0 Å². The van der Waals surface area contributed by atoms with Gasteiger partial charge in [0.2, 0.25) is 0 Å². The van der Waals surface area contributed by atoms with Gasteiger partial charge in [0, 0.05) is 17.0 Å². The predicted octanol–water partition coefficient (Wildman–Crippen LogP) is 4.21. The lowest BCUT2D eigenvalue weighted by Gasteiger charge is -2.26. The zero-order chi connectivity index (χ0) is 18.4. The molecule has 3 aromatic rings. The summed E-state index contributed by atoms with van der Waals surface area (Å²) < 4.78 is 53.4. The van der Waals surface area contributed by atoms with Crippen LogP contribution in [0.1, 0.15) is 13.8 Å². The Hall–Kier alpha value is -2.64. The van der Waals surface area contributed by atoms with Gasteiger partial charge in [0.1, 0.15) is 17.7 Å².